The maximum Gasteiger partial charge on any atom is 0.307 e. The average molecular weight is 287 g/mol. The van der Waals surface area contributed by atoms with E-state index in [1.165, 1.54) is 0 Å². The fraction of sp³-hybridized carbons (Fsp3) is 0.267. The zero-order chi connectivity index (χ0) is 15.4. The van der Waals surface area contributed by atoms with Gasteiger partial charge in [0.2, 0.25) is 0 Å². The molecule has 0 spiro atoms. The summed E-state index contributed by atoms with van der Waals surface area (Å²) in [4.78, 5) is 22.9. The monoisotopic (exact) mass is 287 g/mol. The molecule has 2 rings (SSSR count). The van der Waals surface area contributed by atoms with Gasteiger partial charge in [-0.2, -0.15) is 5.10 Å². The Morgan fingerprint density at radius 2 is 1.95 bits per heavy atom. The van der Waals surface area contributed by atoms with Gasteiger partial charge in [0, 0.05) is 19.8 Å². The average Bonchev–Trinajstić information content (AvgIpc) is 2.76. The lowest BCUT2D eigenvalue weighted by atomic mass is 10.0. The van der Waals surface area contributed by atoms with Crippen molar-refractivity contribution in [3.8, 4) is 0 Å². The fourth-order valence-corrected chi connectivity index (χ4v) is 2.16. The van der Waals surface area contributed by atoms with E-state index in [1.54, 1.807) is 37.0 Å². The van der Waals surface area contributed by atoms with Crippen molar-refractivity contribution in [3.63, 3.8) is 0 Å². The molecule has 1 heterocycles. The molecule has 0 bridgehead atoms. The number of aromatic nitrogens is 2. The van der Waals surface area contributed by atoms with Crippen molar-refractivity contribution in [3.05, 3.63) is 52.8 Å². The van der Waals surface area contributed by atoms with Gasteiger partial charge in [0.05, 0.1) is 17.7 Å². The smallest absolute Gasteiger partial charge is 0.307 e. The number of carbonyl (C=O) groups is 2. The van der Waals surface area contributed by atoms with Crippen LogP contribution in [0, 0.1) is 6.92 Å². The molecule has 0 aliphatic rings. The highest BCUT2D eigenvalue weighted by Gasteiger charge is 2.13. The number of nitrogens with one attached hydrogen (secondary N) is 1. The lowest BCUT2D eigenvalue weighted by molar-refractivity contribution is -0.136. The standard InChI is InChI=1S/C15H17N3O3/c1-10-13(9-18(2)17-10)15(21)16-8-12-6-4-3-5-11(12)7-14(19)20/h3-6,9H,7-8H2,1-2H3,(H,16,21)(H,19,20). The quantitative estimate of drug-likeness (QED) is 0.867. The highest BCUT2D eigenvalue weighted by atomic mass is 16.4. The summed E-state index contributed by atoms with van der Waals surface area (Å²) >= 11 is 0. The van der Waals surface area contributed by atoms with E-state index in [2.05, 4.69) is 10.4 Å². The molecule has 2 aromatic rings. The maximum atomic E-state index is 12.1. The summed E-state index contributed by atoms with van der Waals surface area (Å²) in [5, 5.41) is 15.8. The Hall–Kier alpha value is -2.63. The van der Waals surface area contributed by atoms with Gasteiger partial charge in [-0.3, -0.25) is 14.3 Å². The number of carboxylic acid groups (broad SMARTS) is 1. The molecule has 0 fully saturated rings. The maximum absolute atomic E-state index is 12.1. The van der Waals surface area contributed by atoms with Crippen LogP contribution in [0.15, 0.2) is 30.5 Å². The zero-order valence-electron chi connectivity index (χ0n) is 12.0. The first-order valence-corrected chi connectivity index (χ1v) is 6.54. The van der Waals surface area contributed by atoms with Crippen LogP contribution < -0.4 is 5.32 Å². The van der Waals surface area contributed by atoms with Crippen LogP contribution >= 0.6 is 0 Å². The fourth-order valence-electron chi connectivity index (χ4n) is 2.16. The Balaban J connectivity index is 2.08. The Bertz CT molecular complexity index is 677. The third-order valence-electron chi connectivity index (χ3n) is 3.16. The Morgan fingerprint density at radius 1 is 1.29 bits per heavy atom. The summed E-state index contributed by atoms with van der Waals surface area (Å²) in [7, 11) is 1.76. The van der Waals surface area contributed by atoms with E-state index in [-0.39, 0.29) is 18.9 Å². The summed E-state index contributed by atoms with van der Waals surface area (Å²) in [6.07, 6.45) is 1.60. The second-order valence-corrected chi connectivity index (χ2v) is 4.82. The second kappa shape index (κ2) is 6.21. The van der Waals surface area contributed by atoms with Crippen molar-refractivity contribution in [2.45, 2.75) is 19.9 Å². The van der Waals surface area contributed by atoms with Gasteiger partial charge in [-0.1, -0.05) is 24.3 Å². The number of benzene rings is 1. The van der Waals surface area contributed by atoms with Crippen LogP contribution in [-0.2, 0) is 24.8 Å². The predicted octanol–water partition coefficient (Wildman–Crippen LogP) is 1.29. The third-order valence-corrected chi connectivity index (χ3v) is 3.16. The number of nitrogens with zero attached hydrogens (tertiary/aromatic N) is 2. The van der Waals surface area contributed by atoms with Crippen LogP contribution in [-0.4, -0.2) is 26.8 Å². The molecule has 1 aromatic heterocycles. The summed E-state index contributed by atoms with van der Waals surface area (Å²) in [5.74, 6) is -1.11. The van der Waals surface area contributed by atoms with Crippen LogP contribution in [0.1, 0.15) is 27.2 Å². The van der Waals surface area contributed by atoms with Gasteiger partial charge >= 0.3 is 5.97 Å². The van der Waals surface area contributed by atoms with E-state index in [1.807, 2.05) is 12.1 Å². The van der Waals surface area contributed by atoms with Gasteiger partial charge in [0.1, 0.15) is 0 Å². The largest absolute Gasteiger partial charge is 0.481 e. The minimum atomic E-state index is -0.892. The summed E-state index contributed by atoms with van der Waals surface area (Å²) in [5.41, 5.74) is 2.69. The minimum Gasteiger partial charge on any atom is -0.481 e. The van der Waals surface area contributed by atoms with Crippen LogP contribution in [0.25, 0.3) is 0 Å². The van der Waals surface area contributed by atoms with Crippen LogP contribution in [0.4, 0.5) is 0 Å². The van der Waals surface area contributed by atoms with E-state index in [9.17, 15) is 9.59 Å². The highest BCUT2D eigenvalue weighted by Crippen LogP contribution is 2.10. The number of aliphatic carboxylic acids is 1. The summed E-state index contributed by atoms with van der Waals surface area (Å²) in [6.45, 7) is 2.06. The molecule has 1 aromatic carbocycles. The lowest BCUT2D eigenvalue weighted by Crippen LogP contribution is -2.24. The Kier molecular flexibility index (Phi) is 4.37. The molecular formula is C15H17N3O3. The Morgan fingerprint density at radius 3 is 2.52 bits per heavy atom. The van der Waals surface area contributed by atoms with E-state index < -0.39 is 5.97 Å². The predicted molar refractivity (Wildman–Crippen MR) is 76.9 cm³/mol. The van der Waals surface area contributed by atoms with Gasteiger partial charge in [0.25, 0.3) is 5.91 Å². The molecule has 0 unspecified atom stereocenters. The molecule has 0 saturated heterocycles. The van der Waals surface area contributed by atoms with Gasteiger partial charge in [-0.15, -0.1) is 0 Å². The molecule has 0 atom stereocenters. The van der Waals surface area contributed by atoms with Crippen LogP contribution in [0.3, 0.4) is 0 Å². The van der Waals surface area contributed by atoms with E-state index in [0.29, 0.717) is 16.8 Å². The first-order chi connectivity index (χ1) is 9.97. The number of amides is 1. The van der Waals surface area contributed by atoms with E-state index >= 15 is 0 Å². The number of carboxylic acids is 1. The lowest BCUT2D eigenvalue weighted by Gasteiger charge is -2.09. The number of hydrogen-bond acceptors (Lipinski definition) is 3. The third kappa shape index (κ3) is 3.68. The highest BCUT2D eigenvalue weighted by molar-refractivity contribution is 5.95. The second-order valence-electron chi connectivity index (χ2n) is 4.82. The normalized spacial score (nSPS) is 10.4. The Labute approximate surface area is 122 Å². The van der Waals surface area contributed by atoms with Crippen molar-refractivity contribution < 1.29 is 14.7 Å². The first kappa shape index (κ1) is 14.8. The summed E-state index contributed by atoms with van der Waals surface area (Å²) < 4.78 is 1.59. The SMILES string of the molecule is Cc1nn(C)cc1C(=O)NCc1ccccc1CC(=O)O. The molecule has 6 nitrogen and oxygen atoms in total. The zero-order valence-corrected chi connectivity index (χ0v) is 12.0. The molecule has 0 saturated carbocycles. The van der Waals surface area contributed by atoms with Crippen LogP contribution in [0.2, 0.25) is 0 Å². The van der Waals surface area contributed by atoms with Gasteiger partial charge in [-0.05, 0) is 18.1 Å². The van der Waals surface area contributed by atoms with Crippen molar-refractivity contribution in [1.82, 2.24) is 15.1 Å². The van der Waals surface area contributed by atoms with Gasteiger partial charge in [-0.25, -0.2) is 0 Å². The van der Waals surface area contributed by atoms with Gasteiger partial charge in [0.15, 0.2) is 0 Å². The summed E-state index contributed by atoms with van der Waals surface area (Å²) in [6, 6.07) is 7.18. The molecule has 110 valence electrons. The van der Waals surface area contributed by atoms with Crippen LogP contribution in [0.5, 0.6) is 0 Å². The number of carbonyl (C=O) groups excluding carboxylic acids is 1. The number of hydrogen-bond donors (Lipinski definition) is 2. The molecule has 0 aliphatic heterocycles. The topological polar surface area (TPSA) is 84.2 Å². The van der Waals surface area contributed by atoms with Crippen molar-refractivity contribution in [2.24, 2.45) is 7.05 Å². The van der Waals surface area contributed by atoms with E-state index in [4.69, 9.17) is 5.11 Å². The molecule has 1 amide bonds. The molecule has 6 heteroatoms. The number of aryl methyl sites for hydroxylation is 2. The van der Waals surface area contributed by atoms with Crippen molar-refractivity contribution >= 4 is 11.9 Å². The van der Waals surface area contributed by atoms with E-state index in [0.717, 1.165) is 5.56 Å². The molecular weight excluding hydrogens is 270 g/mol. The first-order valence-electron chi connectivity index (χ1n) is 6.54. The van der Waals surface area contributed by atoms with Crippen molar-refractivity contribution in [2.75, 3.05) is 0 Å². The molecule has 0 aliphatic carbocycles. The number of rotatable bonds is 5. The van der Waals surface area contributed by atoms with Gasteiger partial charge < -0.3 is 10.4 Å². The molecule has 0 radical (unpaired) electrons. The minimum absolute atomic E-state index is 0.0576. The molecule has 2 N–H and O–H groups in total. The van der Waals surface area contributed by atoms with Crippen molar-refractivity contribution in [1.29, 1.82) is 0 Å². The molecule has 21 heavy (non-hydrogen) atoms.